The number of rotatable bonds is 4. The molecule has 0 amide bonds. The molecular weight excluding hydrogens is 210 g/mol. The summed E-state index contributed by atoms with van der Waals surface area (Å²) in [4.78, 5) is 13.5. The molecule has 2 fully saturated rings. The van der Waals surface area contributed by atoms with E-state index in [1.54, 1.807) is 11.8 Å². The van der Waals surface area contributed by atoms with E-state index in [-0.39, 0.29) is 0 Å². The van der Waals surface area contributed by atoms with Gasteiger partial charge in [0.05, 0.1) is 0 Å². The predicted octanol–water partition coefficient (Wildman–Crippen LogP) is 1.68. The van der Waals surface area contributed by atoms with Crippen molar-refractivity contribution in [3.63, 3.8) is 0 Å². The van der Waals surface area contributed by atoms with Gasteiger partial charge in [0.25, 0.3) is 0 Å². The highest BCUT2D eigenvalue weighted by Crippen LogP contribution is 2.35. The van der Waals surface area contributed by atoms with Crippen molar-refractivity contribution in [2.75, 3.05) is 25.1 Å². The van der Waals surface area contributed by atoms with Crippen molar-refractivity contribution >= 4 is 17.7 Å². The second-order valence-electron chi connectivity index (χ2n) is 4.82. The van der Waals surface area contributed by atoms with Gasteiger partial charge in [-0.05, 0) is 38.0 Å². The largest absolute Gasteiger partial charge is 0.480 e. The molecule has 15 heavy (non-hydrogen) atoms. The lowest BCUT2D eigenvalue weighted by Crippen LogP contribution is -2.54. The van der Waals surface area contributed by atoms with Gasteiger partial charge in [0.15, 0.2) is 0 Å². The number of carboxylic acid groups (broad SMARTS) is 1. The first kappa shape index (κ1) is 11.3. The summed E-state index contributed by atoms with van der Waals surface area (Å²) in [6.45, 7) is 0.965. The molecule has 1 saturated carbocycles. The van der Waals surface area contributed by atoms with E-state index >= 15 is 0 Å². The normalized spacial score (nSPS) is 31.9. The number of likely N-dealkylation sites (N-methyl/N-ethyl adjacent to an activating group) is 1. The summed E-state index contributed by atoms with van der Waals surface area (Å²) in [5.74, 6) is 1.86. The standard InChI is InChI=1S/C11H19NO2S/c1-12(7-9-3-2-4-9)11(10(13)14)5-6-15-8-11/h9H,2-8H2,1H3,(H,13,14). The molecule has 1 heterocycles. The van der Waals surface area contributed by atoms with Crippen LogP contribution < -0.4 is 0 Å². The van der Waals surface area contributed by atoms with Crippen LogP contribution in [0.15, 0.2) is 0 Å². The zero-order valence-electron chi connectivity index (χ0n) is 9.24. The van der Waals surface area contributed by atoms with Crippen molar-refractivity contribution in [1.29, 1.82) is 0 Å². The van der Waals surface area contributed by atoms with Gasteiger partial charge in [0, 0.05) is 12.3 Å². The molecule has 1 saturated heterocycles. The van der Waals surface area contributed by atoms with E-state index in [0.29, 0.717) is 0 Å². The van der Waals surface area contributed by atoms with E-state index in [1.165, 1.54) is 19.3 Å². The quantitative estimate of drug-likeness (QED) is 0.796. The van der Waals surface area contributed by atoms with Gasteiger partial charge < -0.3 is 5.11 Å². The molecule has 1 unspecified atom stereocenters. The van der Waals surface area contributed by atoms with Crippen LogP contribution in [0, 0.1) is 5.92 Å². The lowest BCUT2D eigenvalue weighted by Gasteiger charge is -2.38. The highest BCUT2D eigenvalue weighted by Gasteiger charge is 2.46. The summed E-state index contributed by atoms with van der Waals surface area (Å²) >= 11 is 1.77. The van der Waals surface area contributed by atoms with Crippen LogP contribution in [0.5, 0.6) is 0 Å². The third-order valence-electron chi connectivity index (χ3n) is 3.89. The molecule has 1 aliphatic carbocycles. The Morgan fingerprint density at radius 2 is 2.33 bits per heavy atom. The maximum atomic E-state index is 11.4. The van der Waals surface area contributed by atoms with Crippen LogP contribution in [0.3, 0.4) is 0 Å². The minimum absolute atomic E-state index is 0.569. The molecule has 1 aliphatic heterocycles. The Bertz CT molecular complexity index is 247. The lowest BCUT2D eigenvalue weighted by atomic mass is 9.83. The first-order valence-electron chi connectivity index (χ1n) is 5.67. The van der Waals surface area contributed by atoms with E-state index < -0.39 is 11.5 Å². The minimum Gasteiger partial charge on any atom is -0.480 e. The van der Waals surface area contributed by atoms with Gasteiger partial charge in [-0.15, -0.1) is 0 Å². The van der Waals surface area contributed by atoms with E-state index in [1.807, 2.05) is 7.05 Å². The number of hydrogen-bond donors (Lipinski definition) is 1. The number of thioether (sulfide) groups is 1. The third kappa shape index (κ3) is 2.02. The number of carboxylic acids is 1. The van der Waals surface area contributed by atoms with E-state index in [0.717, 1.165) is 30.4 Å². The molecule has 3 nitrogen and oxygen atoms in total. The summed E-state index contributed by atoms with van der Waals surface area (Å²) in [5.41, 5.74) is -0.569. The number of aliphatic carboxylic acids is 1. The molecule has 4 heteroatoms. The van der Waals surface area contributed by atoms with Crippen LogP contribution >= 0.6 is 11.8 Å². The molecule has 1 atom stereocenters. The van der Waals surface area contributed by atoms with Crippen molar-refractivity contribution in [2.45, 2.75) is 31.2 Å². The maximum Gasteiger partial charge on any atom is 0.325 e. The Balaban J connectivity index is 1.99. The first-order valence-corrected chi connectivity index (χ1v) is 6.83. The highest BCUT2D eigenvalue weighted by molar-refractivity contribution is 7.99. The van der Waals surface area contributed by atoms with Gasteiger partial charge >= 0.3 is 5.97 Å². The average molecular weight is 229 g/mol. The molecule has 1 N–H and O–H groups in total. The van der Waals surface area contributed by atoms with Crippen LogP contribution in [0.2, 0.25) is 0 Å². The summed E-state index contributed by atoms with van der Waals surface area (Å²) < 4.78 is 0. The molecule has 0 aromatic rings. The zero-order chi connectivity index (χ0) is 10.9. The number of hydrogen-bond acceptors (Lipinski definition) is 3. The molecular formula is C11H19NO2S. The Morgan fingerprint density at radius 1 is 1.60 bits per heavy atom. The van der Waals surface area contributed by atoms with E-state index in [4.69, 9.17) is 0 Å². The fraction of sp³-hybridized carbons (Fsp3) is 0.909. The van der Waals surface area contributed by atoms with Gasteiger partial charge in [-0.2, -0.15) is 11.8 Å². The van der Waals surface area contributed by atoms with Crippen molar-refractivity contribution in [3.05, 3.63) is 0 Å². The minimum atomic E-state index is -0.630. The van der Waals surface area contributed by atoms with Gasteiger partial charge in [0.1, 0.15) is 5.54 Å². The second-order valence-corrected chi connectivity index (χ2v) is 5.92. The molecule has 86 valence electrons. The monoisotopic (exact) mass is 229 g/mol. The summed E-state index contributed by atoms with van der Waals surface area (Å²) in [6, 6.07) is 0. The Morgan fingerprint density at radius 3 is 2.73 bits per heavy atom. The molecule has 2 aliphatic rings. The molecule has 2 rings (SSSR count). The van der Waals surface area contributed by atoms with Crippen LogP contribution in [-0.4, -0.2) is 46.6 Å². The van der Waals surface area contributed by atoms with Crippen molar-refractivity contribution in [2.24, 2.45) is 5.92 Å². The van der Waals surface area contributed by atoms with Gasteiger partial charge in [-0.3, -0.25) is 9.69 Å². The predicted molar refractivity (Wildman–Crippen MR) is 62.3 cm³/mol. The van der Waals surface area contributed by atoms with Crippen LogP contribution in [-0.2, 0) is 4.79 Å². The van der Waals surface area contributed by atoms with Crippen LogP contribution in [0.4, 0.5) is 0 Å². The maximum absolute atomic E-state index is 11.4. The third-order valence-corrected chi connectivity index (χ3v) is 5.06. The summed E-state index contributed by atoms with van der Waals surface area (Å²) in [5, 5.41) is 9.38. The van der Waals surface area contributed by atoms with Gasteiger partial charge in [-0.25, -0.2) is 0 Å². The van der Waals surface area contributed by atoms with E-state index in [2.05, 4.69) is 4.90 Å². The fourth-order valence-corrected chi connectivity index (χ4v) is 3.88. The molecule has 0 bridgehead atoms. The molecule has 0 aromatic heterocycles. The van der Waals surface area contributed by atoms with Crippen molar-refractivity contribution < 1.29 is 9.90 Å². The SMILES string of the molecule is CN(CC1CCC1)C1(C(=O)O)CCSC1. The molecule has 0 aromatic carbocycles. The van der Waals surface area contributed by atoms with Gasteiger partial charge in [-0.1, -0.05) is 6.42 Å². The molecule has 0 spiro atoms. The zero-order valence-corrected chi connectivity index (χ0v) is 10.1. The van der Waals surface area contributed by atoms with Crippen LogP contribution in [0.1, 0.15) is 25.7 Å². The van der Waals surface area contributed by atoms with Crippen molar-refractivity contribution in [1.82, 2.24) is 4.90 Å². The topological polar surface area (TPSA) is 40.5 Å². The highest BCUT2D eigenvalue weighted by atomic mass is 32.2. The summed E-state index contributed by atoms with van der Waals surface area (Å²) in [6.07, 6.45) is 4.70. The lowest BCUT2D eigenvalue weighted by molar-refractivity contribution is -0.149. The summed E-state index contributed by atoms with van der Waals surface area (Å²) in [7, 11) is 1.98. The van der Waals surface area contributed by atoms with Crippen molar-refractivity contribution in [3.8, 4) is 0 Å². The number of nitrogens with zero attached hydrogens (tertiary/aromatic N) is 1. The van der Waals surface area contributed by atoms with E-state index in [9.17, 15) is 9.90 Å². The fourth-order valence-electron chi connectivity index (χ4n) is 2.42. The Labute approximate surface area is 95.2 Å². The average Bonchev–Trinajstić information content (AvgIpc) is 2.60. The van der Waals surface area contributed by atoms with Gasteiger partial charge in [0.2, 0.25) is 0 Å². The molecule has 0 radical (unpaired) electrons. The Hall–Kier alpha value is -0.220. The van der Waals surface area contributed by atoms with Crippen LogP contribution in [0.25, 0.3) is 0 Å². The number of carbonyl (C=O) groups is 1. The first-order chi connectivity index (χ1) is 7.15. The second kappa shape index (κ2) is 4.34. The smallest absolute Gasteiger partial charge is 0.325 e. The Kier molecular flexibility index (Phi) is 3.26.